The van der Waals surface area contributed by atoms with Crippen molar-refractivity contribution in [2.75, 3.05) is 17.7 Å². The quantitative estimate of drug-likeness (QED) is 0.423. The first-order valence-corrected chi connectivity index (χ1v) is 11.3. The maximum Gasteiger partial charge on any atom is 0.323 e. The van der Waals surface area contributed by atoms with Gasteiger partial charge in [0.2, 0.25) is 5.91 Å². The van der Waals surface area contributed by atoms with Gasteiger partial charge >= 0.3 is 12.0 Å². The van der Waals surface area contributed by atoms with E-state index in [-0.39, 0.29) is 18.4 Å². The fraction of sp³-hybridized carbons (Fsp3) is 0.259. The van der Waals surface area contributed by atoms with E-state index in [1.54, 1.807) is 43.4 Å². The number of hydrogen-bond donors (Lipinski definition) is 3. The van der Waals surface area contributed by atoms with Gasteiger partial charge in [0.15, 0.2) is 0 Å². The van der Waals surface area contributed by atoms with Crippen LogP contribution in [0.5, 0.6) is 0 Å². The first kappa shape index (κ1) is 25.4. The van der Waals surface area contributed by atoms with Crippen LogP contribution < -0.4 is 10.6 Å². The van der Waals surface area contributed by atoms with Crippen molar-refractivity contribution >= 4 is 29.3 Å². The topological polar surface area (TPSA) is 112 Å². The number of aliphatic carboxylic acids is 1. The molecule has 0 saturated carbocycles. The van der Waals surface area contributed by atoms with E-state index >= 15 is 0 Å². The second-order valence-electron chi connectivity index (χ2n) is 8.66. The molecule has 0 spiro atoms. The van der Waals surface area contributed by atoms with Gasteiger partial charge in [-0.1, -0.05) is 43.3 Å². The van der Waals surface area contributed by atoms with Gasteiger partial charge in [-0.15, -0.1) is 0 Å². The van der Waals surface area contributed by atoms with E-state index in [2.05, 4.69) is 15.6 Å². The number of nitrogens with zero attached hydrogens (tertiary/aromatic N) is 2. The normalized spacial score (nSPS) is 11.4. The van der Waals surface area contributed by atoms with Gasteiger partial charge < -0.3 is 20.6 Å². The third-order valence-electron chi connectivity index (χ3n) is 5.62. The molecule has 0 aliphatic carbocycles. The Labute approximate surface area is 205 Å². The molecule has 1 atom stereocenters. The molecule has 2 aromatic carbocycles. The number of carbonyl (C=O) groups is 3. The van der Waals surface area contributed by atoms with Crippen LogP contribution >= 0.6 is 0 Å². The molecule has 0 bridgehead atoms. The van der Waals surface area contributed by atoms with Gasteiger partial charge in [0.25, 0.3) is 0 Å². The molecule has 1 heterocycles. The van der Waals surface area contributed by atoms with Gasteiger partial charge in [-0.2, -0.15) is 0 Å². The molecule has 0 saturated heterocycles. The summed E-state index contributed by atoms with van der Waals surface area (Å²) in [6.07, 6.45) is 3.94. The smallest absolute Gasteiger partial charge is 0.323 e. The molecule has 0 aliphatic rings. The summed E-state index contributed by atoms with van der Waals surface area (Å²) >= 11 is 0. The summed E-state index contributed by atoms with van der Waals surface area (Å²) < 4.78 is 0. The predicted octanol–water partition coefficient (Wildman–Crippen LogP) is 4.50. The zero-order chi connectivity index (χ0) is 25.4. The molecule has 35 heavy (non-hydrogen) atoms. The van der Waals surface area contributed by atoms with Crippen LogP contribution in [0.3, 0.4) is 0 Å². The highest BCUT2D eigenvalue weighted by atomic mass is 16.4. The van der Waals surface area contributed by atoms with Crippen molar-refractivity contribution in [3.8, 4) is 0 Å². The maximum atomic E-state index is 12.7. The molecule has 3 N–H and O–H groups in total. The van der Waals surface area contributed by atoms with Gasteiger partial charge in [0.1, 0.15) is 0 Å². The van der Waals surface area contributed by atoms with Gasteiger partial charge in [-0.3, -0.25) is 14.6 Å². The molecular weight excluding hydrogens is 444 g/mol. The number of aryl methyl sites for hydroxylation is 1. The molecule has 3 amide bonds. The average molecular weight is 475 g/mol. The van der Waals surface area contributed by atoms with Crippen molar-refractivity contribution < 1.29 is 19.5 Å². The summed E-state index contributed by atoms with van der Waals surface area (Å²) in [5, 5.41) is 14.7. The monoisotopic (exact) mass is 474 g/mol. The van der Waals surface area contributed by atoms with Gasteiger partial charge in [0.05, 0.1) is 12.3 Å². The minimum Gasteiger partial charge on any atom is -0.481 e. The van der Waals surface area contributed by atoms with E-state index in [0.29, 0.717) is 18.7 Å². The summed E-state index contributed by atoms with van der Waals surface area (Å²) in [7, 11) is 1.72. The molecule has 1 unspecified atom stereocenters. The molecule has 182 valence electrons. The Bertz CT molecular complexity index is 1190. The molecule has 0 fully saturated rings. The number of carboxylic acids is 1. The molecular formula is C27H30N4O4. The molecule has 8 heteroatoms. The Morgan fingerprint density at radius 2 is 1.66 bits per heavy atom. The standard InChI is InChI=1S/C27H30N4O4/c1-18-6-4-5-7-24(18)30-27(35)29-23-10-8-20(9-11-23)14-25(32)31(3)17-22-13-21(15-28-16-22)12-19(2)26(33)34/h4-11,13,15-16,19H,12,14,17H2,1-3H3,(H,33,34)(H2,29,30,35). The van der Waals surface area contributed by atoms with Crippen molar-refractivity contribution in [2.45, 2.75) is 33.2 Å². The van der Waals surface area contributed by atoms with Crippen LogP contribution in [0.25, 0.3) is 0 Å². The number of aromatic nitrogens is 1. The van der Waals surface area contributed by atoms with Crippen molar-refractivity contribution in [2.24, 2.45) is 5.92 Å². The molecule has 1 aromatic heterocycles. The highest BCUT2D eigenvalue weighted by Gasteiger charge is 2.14. The number of amides is 3. The van der Waals surface area contributed by atoms with Crippen molar-refractivity contribution in [1.82, 2.24) is 9.88 Å². The Morgan fingerprint density at radius 3 is 2.34 bits per heavy atom. The Kier molecular flexibility index (Phi) is 8.56. The Hall–Kier alpha value is -4.20. The number of rotatable bonds is 9. The molecule has 0 aliphatic heterocycles. The van der Waals surface area contributed by atoms with Crippen LogP contribution in [0.1, 0.15) is 29.2 Å². The number of carbonyl (C=O) groups excluding carboxylic acids is 2. The van der Waals surface area contributed by atoms with E-state index in [1.165, 1.54) is 0 Å². The second kappa shape index (κ2) is 11.8. The third-order valence-corrected chi connectivity index (χ3v) is 5.62. The van der Waals surface area contributed by atoms with Crippen molar-refractivity contribution in [3.63, 3.8) is 0 Å². The van der Waals surface area contributed by atoms with E-state index < -0.39 is 11.9 Å². The number of nitrogens with one attached hydrogen (secondary N) is 2. The predicted molar refractivity (Wildman–Crippen MR) is 135 cm³/mol. The second-order valence-corrected chi connectivity index (χ2v) is 8.66. The molecule has 3 aromatic rings. The lowest BCUT2D eigenvalue weighted by molar-refractivity contribution is -0.141. The van der Waals surface area contributed by atoms with Gasteiger partial charge in [-0.05, 0) is 53.8 Å². The third kappa shape index (κ3) is 7.67. The fourth-order valence-electron chi connectivity index (χ4n) is 3.56. The lowest BCUT2D eigenvalue weighted by Crippen LogP contribution is -2.27. The summed E-state index contributed by atoms with van der Waals surface area (Å²) in [5.74, 6) is -1.42. The average Bonchev–Trinajstić information content (AvgIpc) is 2.82. The summed E-state index contributed by atoms with van der Waals surface area (Å²) in [5.41, 5.74) is 4.83. The van der Waals surface area contributed by atoms with Gasteiger partial charge in [-0.25, -0.2) is 4.79 Å². The zero-order valence-corrected chi connectivity index (χ0v) is 20.1. The first-order valence-electron chi connectivity index (χ1n) is 11.3. The summed E-state index contributed by atoms with van der Waals surface area (Å²) in [6.45, 7) is 3.95. The minimum atomic E-state index is -0.851. The summed E-state index contributed by atoms with van der Waals surface area (Å²) in [6, 6.07) is 16.2. The van der Waals surface area contributed by atoms with Gasteiger partial charge in [0, 0.05) is 37.4 Å². The largest absolute Gasteiger partial charge is 0.481 e. The summed E-state index contributed by atoms with van der Waals surface area (Å²) in [4.78, 5) is 41.9. The molecule has 8 nitrogen and oxygen atoms in total. The number of benzene rings is 2. The van der Waals surface area contributed by atoms with E-state index in [4.69, 9.17) is 5.11 Å². The van der Waals surface area contributed by atoms with Crippen LogP contribution in [-0.4, -0.2) is 39.9 Å². The Morgan fingerprint density at radius 1 is 0.971 bits per heavy atom. The highest BCUT2D eigenvalue weighted by molar-refractivity contribution is 6.00. The van der Waals surface area contributed by atoms with E-state index in [1.807, 2.05) is 49.4 Å². The lowest BCUT2D eigenvalue weighted by Gasteiger charge is -2.18. The Balaban J connectivity index is 1.52. The number of pyridine rings is 1. The van der Waals surface area contributed by atoms with Crippen molar-refractivity contribution in [3.05, 3.63) is 89.2 Å². The van der Waals surface area contributed by atoms with Crippen LogP contribution in [0.4, 0.5) is 16.2 Å². The minimum absolute atomic E-state index is 0.0627. The number of anilines is 2. The molecule has 3 rings (SSSR count). The van der Waals surface area contributed by atoms with E-state index in [9.17, 15) is 14.4 Å². The van der Waals surface area contributed by atoms with Crippen molar-refractivity contribution in [1.29, 1.82) is 0 Å². The zero-order valence-electron chi connectivity index (χ0n) is 20.1. The van der Waals surface area contributed by atoms with Crippen LogP contribution in [0.15, 0.2) is 67.0 Å². The number of urea groups is 1. The van der Waals surface area contributed by atoms with Crippen LogP contribution in [0.2, 0.25) is 0 Å². The fourth-order valence-corrected chi connectivity index (χ4v) is 3.56. The van der Waals surface area contributed by atoms with Crippen LogP contribution in [0, 0.1) is 12.8 Å². The number of hydrogen-bond acceptors (Lipinski definition) is 4. The first-order chi connectivity index (χ1) is 16.7. The van der Waals surface area contributed by atoms with Crippen LogP contribution in [-0.2, 0) is 29.0 Å². The molecule has 0 radical (unpaired) electrons. The number of carboxylic acid groups (broad SMARTS) is 1. The number of likely N-dealkylation sites (N-methyl/N-ethyl adjacent to an activating group) is 1. The lowest BCUT2D eigenvalue weighted by atomic mass is 10.0. The SMILES string of the molecule is Cc1ccccc1NC(=O)Nc1ccc(CC(=O)N(C)Cc2cncc(CC(C)C(=O)O)c2)cc1. The highest BCUT2D eigenvalue weighted by Crippen LogP contribution is 2.16. The maximum absolute atomic E-state index is 12.7. The van der Waals surface area contributed by atoms with E-state index in [0.717, 1.165) is 27.9 Å². The number of para-hydroxylation sites is 1.